The van der Waals surface area contributed by atoms with Gasteiger partial charge in [0.1, 0.15) is 17.1 Å². The average molecular weight is 331 g/mol. The largest absolute Gasteiger partial charge is 0.425 e. The van der Waals surface area contributed by atoms with Crippen molar-refractivity contribution in [3.05, 3.63) is 34.8 Å². The molecule has 0 fully saturated rings. The topological polar surface area (TPSA) is 39.2 Å². The van der Waals surface area contributed by atoms with Crippen LogP contribution in [-0.2, 0) is 10.2 Å². The van der Waals surface area contributed by atoms with E-state index in [1.165, 1.54) is 6.07 Å². The van der Waals surface area contributed by atoms with Crippen molar-refractivity contribution in [3.63, 3.8) is 0 Å². The summed E-state index contributed by atoms with van der Waals surface area (Å²) in [6.45, 7) is 11.7. The van der Waals surface area contributed by atoms with E-state index in [4.69, 9.17) is 4.74 Å². The van der Waals surface area contributed by atoms with Crippen molar-refractivity contribution in [2.24, 2.45) is 0 Å². The smallest absolute Gasteiger partial charge is 0.311 e. The van der Waals surface area contributed by atoms with Gasteiger partial charge in [0.25, 0.3) is 0 Å². The number of hydrogen-bond donors (Lipinski definition) is 0. The van der Waals surface area contributed by atoms with Crippen molar-refractivity contribution < 1.29 is 13.9 Å². The molecule has 0 aliphatic rings. The molecule has 3 nitrogen and oxygen atoms in total. The Morgan fingerprint density at radius 2 is 1.92 bits per heavy atom. The van der Waals surface area contributed by atoms with Crippen molar-refractivity contribution >= 4 is 16.9 Å². The molecule has 0 unspecified atom stereocenters. The van der Waals surface area contributed by atoms with E-state index < -0.39 is 0 Å². The maximum atomic E-state index is 14.6. The Morgan fingerprint density at radius 1 is 1.25 bits per heavy atom. The standard InChI is InChI=1S/C20H26FNO2/c1-7-8-9-17(23)24-19-12(2)13(3)22-18-15(19)10-14(11-16(18)21)20(4,5)6/h10-11H,7-9H2,1-6H3. The molecule has 1 heterocycles. The molecule has 1 aromatic heterocycles. The second-order valence-corrected chi connectivity index (χ2v) is 7.33. The molecular formula is C20H26FNO2. The summed E-state index contributed by atoms with van der Waals surface area (Å²) in [7, 11) is 0. The Bertz CT molecular complexity index is 776. The van der Waals surface area contributed by atoms with E-state index in [-0.39, 0.29) is 22.7 Å². The van der Waals surface area contributed by atoms with Crippen LogP contribution >= 0.6 is 0 Å². The molecular weight excluding hydrogens is 305 g/mol. The summed E-state index contributed by atoms with van der Waals surface area (Å²) < 4.78 is 20.2. The highest BCUT2D eigenvalue weighted by Gasteiger charge is 2.21. The fourth-order valence-corrected chi connectivity index (χ4v) is 2.55. The predicted molar refractivity (Wildman–Crippen MR) is 95.0 cm³/mol. The van der Waals surface area contributed by atoms with Crippen molar-refractivity contribution in [1.82, 2.24) is 4.98 Å². The molecule has 24 heavy (non-hydrogen) atoms. The maximum absolute atomic E-state index is 14.6. The highest BCUT2D eigenvalue weighted by atomic mass is 19.1. The average Bonchev–Trinajstić information content (AvgIpc) is 2.49. The third kappa shape index (κ3) is 3.74. The van der Waals surface area contributed by atoms with Gasteiger partial charge in [0.05, 0.1) is 0 Å². The van der Waals surface area contributed by atoms with E-state index in [2.05, 4.69) is 4.98 Å². The van der Waals surface area contributed by atoms with E-state index in [9.17, 15) is 9.18 Å². The Balaban J connectivity index is 2.64. The summed E-state index contributed by atoms with van der Waals surface area (Å²) in [5.41, 5.74) is 2.34. The van der Waals surface area contributed by atoms with Gasteiger partial charge in [-0.15, -0.1) is 0 Å². The number of benzene rings is 1. The molecule has 0 saturated carbocycles. The van der Waals surface area contributed by atoms with Crippen LogP contribution in [0.15, 0.2) is 12.1 Å². The van der Waals surface area contributed by atoms with Crippen LogP contribution in [0.2, 0.25) is 0 Å². The summed E-state index contributed by atoms with van der Waals surface area (Å²) >= 11 is 0. The van der Waals surface area contributed by atoms with Crippen LogP contribution < -0.4 is 4.74 Å². The fourth-order valence-electron chi connectivity index (χ4n) is 2.55. The molecule has 0 aliphatic heterocycles. The number of carbonyl (C=O) groups is 1. The van der Waals surface area contributed by atoms with E-state index >= 15 is 0 Å². The minimum absolute atomic E-state index is 0.211. The van der Waals surface area contributed by atoms with Gasteiger partial charge in [-0.05, 0) is 43.4 Å². The summed E-state index contributed by atoms with van der Waals surface area (Å²) in [5.74, 6) is -0.233. The molecule has 1 aromatic carbocycles. The van der Waals surface area contributed by atoms with E-state index in [1.54, 1.807) is 6.92 Å². The highest BCUT2D eigenvalue weighted by Crippen LogP contribution is 2.35. The van der Waals surface area contributed by atoms with E-state index in [1.807, 2.05) is 40.7 Å². The van der Waals surface area contributed by atoms with Crippen molar-refractivity contribution in [2.45, 2.75) is 66.2 Å². The van der Waals surface area contributed by atoms with Gasteiger partial charge in [0.15, 0.2) is 0 Å². The van der Waals surface area contributed by atoms with Crippen LogP contribution in [0.3, 0.4) is 0 Å². The molecule has 0 atom stereocenters. The van der Waals surface area contributed by atoms with E-state index in [0.717, 1.165) is 24.0 Å². The fraction of sp³-hybridized carbons (Fsp3) is 0.500. The minimum Gasteiger partial charge on any atom is -0.425 e. The van der Waals surface area contributed by atoms with E-state index in [0.29, 0.717) is 23.3 Å². The Labute approximate surface area is 143 Å². The Morgan fingerprint density at radius 3 is 2.50 bits per heavy atom. The zero-order chi connectivity index (χ0) is 18.1. The van der Waals surface area contributed by atoms with Crippen LogP contribution in [0.1, 0.15) is 63.8 Å². The first kappa shape index (κ1) is 18.4. The lowest BCUT2D eigenvalue weighted by atomic mass is 9.86. The minimum atomic E-state index is -0.383. The van der Waals surface area contributed by atoms with Gasteiger partial charge in [0, 0.05) is 23.1 Å². The van der Waals surface area contributed by atoms with Gasteiger partial charge in [-0.3, -0.25) is 4.79 Å². The number of esters is 1. The van der Waals surface area contributed by atoms with Crippen LogP contribution in [0.4, 0.5) is 4.39 Å². The Hall–Kier alpha value is -1.97. The lowest BCUT2D eigenvalue weighted by Crippen LogP contribution is -2.13. The van der Waals surface area contributed by atoms with Crippen molar-refractivity contribution in [1.29, 1.82) is 0 Å². The Kier molecular flexibility index (Phi) is 5.26. The molecule has 0 bridgehead atoms. The first-order chi connectivity index (χ1) is 11.1. The molecule has 4 heteroatoms. The lowest BCUT2D eigenvalue weighted by molar-refractivity contribution is -0.134. The number of rotatable bonds is 4. The number of nitrogens with zero attached hydrogens (tertiary/aromatic N) is 1. The van der Waals surface area contributed by atoms with Gasteiger partial charge in [0.2, 0.25) is 0 Å². The third-order valence-corrected chi connectivity index (χ3v) is 4.29. The molecule has 0 spiro atoms. The number of hydrogen-bond acceptors (Lipinski definition) is 3. The quantitative estimate of drug-likeness (QED) is 0.706. The zero-order valence-electron chi connectivity index (χ0n) is 15.4. The van der Waals surface area contributed by atoms with Gasteiger partial charge < -0.3 is 4.74 Å². The first-order valence-electron chi connectivity index (χ1n) is 8.46. The number of unbranched alkanes of at least 4 members (excludes halogenated alkanes) is 1. The molecule has 0 saturated heterocycles. The van der Waals surface area contributed by atoms with Gasteiger partial charge >= 0.3 is 5.97 Å². The van der Waals surface area contributed by atoms with Gasteiger partial charge in [-0.25, -0.2) is 9.37 Å². The second kappa shape index (κ2) is 6.88. The van der Waals surface area contributed by atoms with Crippen LogP contribution in [0, 0.1) is 19.7 Å². The second-order valence-electron chi connectivity index (χ2n) is 7.33. The lowest BCUT2D eigenvalue weighted by Gasteiger charge is -2.21. The number of ether oxygens (including phenoxy) is 1. The van der Waals surface area contributed by atoms with Crippen LogP contribution in [0.5, 0.6) is 5.75 Å². The normalized spacial score (nSPS) is 11.8. The number of halogens is 1. The molecule has 0 radical (unpaired) electrons. The molecule has 130 valence electrons. The molecule has 2 aromatic rings. The number of fused-ring (bicyclic) bond motifs is 1. The maximum Gasteiger partial charge on any atom is 0.311 e. The zero-order valence-corrected chi connectivity index (χ0v) is 15.4. The molecule has 2 rings (SSSR count). The van der Waals surface area contributed by atoms with Gasteiger partial charge in [-0.2, -0.15) is 0 Å². The number of carbonyl (C=O) groups excluding carboxylic acids is 1. The number of pyridine rings is 1. The molecule has 0 amide bonds. The summed E-state index contributed by atoms with van der Waals surface area (Å²) in [4.78, 5) is 16.5. The summed E-state index contributed by atoms with van der Waals surface area (Å²) in [5, 5.41) is 0.563. The summed E-state index contributed by atoms with van der Waals surface area (Å²) in [6.07, 6.45) is 2.06. The highest BCUT2D eigenvalue weighted by molar-refractivity contribution is 5.90. The first-order valence-corrected chi connectivity index (χ1v) is 8.46. The van der Waals surface area contributed by atoms with Gasteiger partial charge in [-0.1, -0.05) is 34.1 Å². The third-order valence-electron chi connectivity index (χ3n) is 4.29. The SMILES string of the molecule is CCCCC(=O)Oc1c(C)c(C)nc2c(F)cc(C(C)(C)C)cc12. The number of aryl methyl sites for hydroxylation is 1. The van der Waals surface area contributed by atoms with Crippen molar-refractivity contribution in [3.8, 4) is 5.75 Å². The number of aromatic nitrogens is 1. The summed E-state index contributed by atoms with van der Waals surface area (Å²) in [6, 6.07) is 3.41. The van der Waals surface area contributed by atoms with Crippen LogP contribution in [0.25, 0.3) is 10.9 Å². The molecule has 0 N–H and O–H groups in total. The van der Waals surface area contributed by atoms with Crippen LogP contribution in [-0.4, -0.2) is 11.0 Å². The predicted octanol–water partition coefficient (Wildman–Crippen LogP) is 5.38. The molecule has 0 aliphatic carbocycles. The monoisotopic (exact) mass is 331 g/mol. The van der Waals surface area contributed by atoms with Crippen molar-refractivity contribution in [2.75, 3.05) is 0 Å².